The zero-order chi connectivity index (χ0) is 8.60. The van der Waals surface area contributed by atoms with Gasteiger partial charge in [-0.1, -0.05) is 36.9 Å². The van der Waals surface area contributed by atoms with Gasteiger partial charge in [-0.3, -0.25) is 0 Å². The third-order valence-electron chi connectivity index (χ3n) is 2.56. The number of benzene rings is 1. The second kappa shape index (κ2) is 2.37. The van der Waals surface area contributed by atoms with E-state index < -0.39 is 0 Å². The van der Waals surface area contributed by atoms with Crippen LogP contribution in [0.4, 0.5) is 0 Å². The monoisotopic (exact) mass is 160 g/mol. The number of ether oxygens (including phenoxy) is 1. The number of hydrogen-bond donors (Lipinski definition) is 0. The van der Waals surface area contributed by atoms with E-state index in [1.807, 2.05) is 18.2 Å². The normalized spacial score (nSPS) is 27.6. The Morgan fingerprint density at radius 1 is 1.33 bits per heavy atom. The van der Waals surface area contributed by atoms with Gasteiger partial charge in [0.1, 0.15) is 12.4 Å². The Morgan fingerprint density at radius 3 is 2.42 bits per heavy atom. The van der Waals surface area contributed by atoms with Crippen LogP contribution < -0.4 is 0 Å². The van der Waals surface area contributed by atoms with Crippen LogP contribution in [0.5, 0.6) is 0 Å². The van der Waals surface area contributed by atoms with Gasteiger partial charge in [0.05, 0.1) is 5.41 Å². The molecule has 0 amide bonds. The number of hydrogen-bond acceptors (Lipinski definition) is 1. The van der Waals surface area contributed by atoms with Gasteiger partial charge in [-0.25, -0.2) is 0 Å². The molecule has 0 radical (unpaired) electrons. The Morgan fingerprint density at radius 2 is 2.00 bits per heavy atom. The van der Waals surface area contributed by atoms with Crippen LogP contribution in [0.1, 0.15) is 12.5 Å². The summed E-state index contributed by atoms with van der Waals surface area (Å²) in [6.45, 7) is 6.79. The van der Waals surface area contributed by atoms with Crippen molar-refractivity contribution in [1.29, 1.82) is 0 Å². The molecule has 1 saturated heterocycles. The molecule has 2 rings (SSSR count). The first-order valence-corrected chi connectivity index (χ1v) is 4.11. The van der Waals surface area contributed by atoms with Gasteiger partial charge in [0, 0.05) is 0 Å². The smallest absolute Gasteiger partial charge is 0.104 e. The summed E-state index contributed by atoms with van der Waals surface area (Å²) < 4.78 is 5.21. The maximum atomic E-state index is 5.21. The van der Waals surface area contributed by atoms with Crippen LogP contribution in [0.3, 0.4) is 0 Å². The van der Waals surface area contributed by atoms with Crippen molar-refractivity contribution < 1.29 is 4.74 Å². The quantitative estimate of drug-likeness (QED) is 0.613. The number of rotatable bonds is 1. The van der Waals surface area contributed by atoms with Gasteiger partial charge < -0.3 is 4.74 Å². The Kier molecular flexibility index (Phi) is 1.47. The molecule has 1 atom stereocenters. The van der Waals surface area contributed by atoms with Crippen LogP contribution in [0.25, 0.3) is 0 Å². The molecule has 0 spiro atoms. The van der Waals surface area contributed by atoms with E-state index in [0.717, 1.165) is 12.4 Å². The summed E-state index contributed by atoms with van der Waals surface area (Å²) in [6.07, 6.45) is 0. The van der Waals surface area contributed by atoms with E-state index in [9.17, 15) is 0 Å². The summed E-state index contributed by atoms with van der Waals surface area (Å²) in [5.41, 5.74) is 1.35. The molecule has 1 aliphatic rings. The lowest BCUT2D eigenvalue weighted by atomic mass is 9.78. The van der Waals surface area contributed by atoms with Crippen molar-refractivity contribution in [3.05, 3.63) is 48.2 Å². The fraction of sp³-hybridized carbons (Fsp3) is 0.273. The maximum Gasteiger partial charge on any atom is 0.104 e. The second-order valence-electron chi connectivity index (χ2n) is 3.41. The molecule has 0 bridgehead atoms. The molecule has 1 aromatic carbocycles. The zero-order valence-corrected chi connectivity index (χ0v) is 7.21. The van der Waals surface area contributed by atoms with E-state index in [2.05, 4.69) is 25.6 Å². The first kappa shape index (κ1) is 7.41. The molecule has 62 valence electrons. The molecule has 1 heteroatoms. The SMILES string of the molecule is C=C1OCC1(C)c1ccccc1. The summed E-state index contributed by atoms with van der Waals surface area (Å²) in [4.78, 5) is 0. The van der Waals surface area contributed by atoms with Gasteiger partial charge in [0.15, 0.2) is 0 Å². The van der Waals surface area contributed by atoms with E-state index in [4.69, 9.17) is 4.74 Å². The van der Waals surface area contributed by atoms with Crippen molar-refractivity contribution in [1.82, 2.24) is 0 Å². The van der Waals surface area contributed by atoms with Crippen LogP contribution >= 0.6 is 0 Å². The molecule has 1 aromatic rings. The van der Waals surface area contributed by atoms with Crippen LogP contribution in [0.15, 0.2) is 42.7 Å². The molecular formula is C11H12O. The Hall–Kier alpha value is -1.24. The average Bonchev–Trinajstić information content (AvgIpc) is 2.16. The van der Waals surface area contributed by atoms with Crippen molar-refractivity contribution in [3.63, 3.8) is 0 Å². The standard InChI is InChI=1S/C11H12O/c1-9-11(2,8-12-9)10-6-4-3-5-7-10/h3-7H,1,8H2,2H3. The lowest BCUT2D eigenvalue weighted by Crippen LogP contribution is -2.40. The predicted molar refractivity (Wildman–Crippen MR) is 48.9 cm³/mol. The van der Waals surface area contributed by atoms with E-state index in [1.165, 1.54) is 5.56 Å². The van der Waals surface area contributed by atoms with Crippen molar-refractivity contribution >= 4 is 0 Å². The Bertz CT molecular complexity index is 302. The van der Waals surface area contributed by atoms with Gasteiger partial charge in [0.25, 0.3) is 0 Å². The van der Waals surface area contributed by atoms with Gasteiger partial charge in [-0.15, -0.1) is 0 Å². The molecule has 0 N–H and O–H groups in total. The van der Waals surface area contributed by atoms with Crippen LogP contribution in [0, 0.1) is 0 Å². The molecule has 1 unspecified atom stereocenters. The fourth-order valence-electron chi connectivity index (χ4n) is 1.44. The van der Waals surface area contributed by atoms with Crippen LogP contribution in [-0.2, 0) is 10.2 Å². The molecule has 0 saturated carbocycles. The lowest BCUT2D eigenvalue weighted by molar-refractivity contribution is 0.0314. The van der Waals surface area contributed by atoms with Gasteiger partial charge in [-0.2, -0.15) is 0 Å². The van der Waals surface area contributed by atoms with Crippen LogP contribution in [-0.4, -0.2) is 6.61 Å². The molecule has 1 fully saturated rings. The lowest BCUT2D eigenvalue weighted by Gasteiger charge is -2.41. The summed E-state index contributed by atoms with van der Waals surface area (Å²) in [6, 6.07) is 10.4. The van der Waals surface area contributed by atoms with Crippen molar-refractivity contribution in [2.24, 2.45) is 0 Å². The first-order chi connectivity index (χ1) is 5.73. The fourth-order valence-corrected chi connectivity index (χ4v) is 1.44. The van der Waals surface area contributed by atoms with Crippen molar-refractivity contribution in [3.8, 4) is 0 Å². The first-order valence-electron chi connectivity index (χ1n) is 4.11. The second-order valence-corrected chi connectivity index (χ2v) is 3.41. The van der Waals surface area contributed by atoms with Crippen molar-refractivity contribution in [2.45, 2.75) is 12.3 Å². The topological polar surface area (TPSA) is 9.23 Å². The third kappa shape index (κ3) is 0.860. The molecule has 0 aliphatic carbocycles. The van der Waals surface area contributed by atoms with Gasteiger partial charge >= 0.3 is 0 Å². The van der Waals surface area contributed by atoms with Crippen molar-refractivity contribution in [2.75, 3.05) is 6.61 Å². The van der Waals surface area contributed by atoms with Gasteiger partial charge in [-0.05, 0) is 12.5 Å². The highest BCUT2D eigenvalue weighted by Crippen LogP contribution is 2.39. The van der Waals surface area contributed by atoms with Gasteiger partial charge in [0.2, 0.25) is 0 Å². The van der Waals surface area contributed by atoms with E-state index >= 15 is 0 Å². The van der Waals surface area contributed by atoms with E-state index in [0.29, 0.717) is 0 Å². The predicted octanol–water partition coefficient (Wildman–Crippen LogP) is 2.49. The summed E-state index contributed by atoms with van der Waals surface area (Å²) in [5.74, 6) is 0.883. The van der Waals surface area contributed by atoms with Crippen LogP contribution in [0.2, 0.25) is 0 Å². The average molecular weight is 160 g/mol. The maximum absolute atomic E-state index is 5.21. The minimum Gasteiger partial charge on any atom is -0.496 e. The molecule has 12 heavy (non-hydrogen) atoms. The van der Waals surface area contributed by atoms with E-state index in [-0.39, 0.29) is 5.41 Å². The Balaban J connectivity index is 2.37. The minimum absolute atomic E-state index is 0.0568. The molecular weight excluding hydrogens is 148 g/mol. The van der Waals surface area contributed by atoms with E-state index in [1.54, 1.807) is 0 Å². The summed E-state index contributed by atoms with van der Waals surface area (Å²) in [7, 11) is 0. The molecule has 1 nitrogen and oxygen atoms in total. The minimum atomic E-state index is 0.0568. The highest BCUT2D eigenvalue weighted by Gasteiger charge is 2.40. The Labute approximate surface area is 72.7 Å². The zero-order valence-electron chi connectivity index (χ0n) is 7.21. The molecule has 1 aliphatic heterocycles. The molecule has 0 aromatic heterocycles. The third-order valence-corrected chi connectivity index (χ3v) is 2.56. The summed E-state index contributed by atoms with van der Waals surface area (Å²) in [5, 5.41) is 0. The molecule has 1 heterocycles. The highest BCUT2D eigenvalue weighted by molar-refractivity contribution is 5.35. The largest absolute Gasteiger partial charge is 0.496 e. The summed E-state index contributed by atoms with van der Waals surface area (Å²) >= 11 is 0. The highest BCUT2D eigenvalue weighted by atomic mass is 16.5.